The van der Waals surface area contributed by atoms with Gasteiger partial charge in [0.25, 0.3) is 5.91 Å². The third-order valence-corrected chi connectivity index (χ3v) is 7.00. The molecular formula is C22H29N3O4S. The molecule has 1 aliphatic heterocycles. The fraction of sp³-hybridized carbons (Fsp3) is 0.409. The monoisotopic (exact) mass is 431 g/mol. The van der Waals surface area contributed by atoms with Gasteiger partial charge in [0.2, 0.25) is 10.0 Å². The van der Waals surface area contributed by atoms with Crippen LogP contribution < -0.4 is 9.62 Å². The Morgan fingerprint density at radius 2 is 1.77 bits per heavy atom. The minimum Gasteiger partial charge on any atom is -0.379 e. The van der Waals surface area contributed by atoms with Gasteiger partial charge < -0.3 is 10.1 Å². The fourth-order valence-electron chi connectivity index (χ4n) is 3.32. The molecule has 8 heteroatoms. The summed E-state index contributed by atoms with van der Waals surface area (Å²) >= 11 is 0. The van der Waals surface area contributed by atoms with E-state index in [1.807, 2.05) is 12.1 Å². The molecule has 162 valence electrons. The minimum absolute atomic E-state index is 0.0241. The second-order valence-electron chi connectivity index (χ2n) is 7.31. The molecule has 2 aromatic carbocycles. The van der Waals surface area contributed by atoms with Crippen molar-refractivity contribution in [1.29, 1.82) is 0 Å². The number of hydrogen-bond acceptors (Lipinski definition) is 5. The Kier molecular flexibility index (Phi) is 7.47. The SMILES string of the molecule is CCS(=O)(=O)N(C)c1ccc(C(=O)NCc2cccc(CN3CCOCC3)c2)cc1. The van der Waals surface area contributed by atoms with E-state index in [1.54, 1.807) is 31.2 Å². The molecule has 1 aliphatic rings. The topological polar surface area (TPSA) is 79.0 Å². The van der Waals surface area contributed by atoms with Crippen molar-refractivity contribution in [2.45, 2.75) is 20.0 Å². The van der Waals surface area contributed by atoms with E-state index in [2.05, 4.69) is 22.3 Å². The van der Waals surface area contributed by atoms with Crippen molar-refractivity contribution < 1.29 is 17.9 Å². The Hall–Kier alpha value is -2.42. The predicted molar refractivity (Wildman–Crippen MR) is 118 cm³/mol. The molecule has 30 heavy (non-hydrogen) atoms. The Labute approximate surface area is 178 Å². The molecule has 2 aromatic rings. The summed E-state index contributed by atoms with van der Waals surface area (Å²) in [4.78, 5) is 14.8. The summed E-state index contributed by atoms with van der Waals surface area (Å²) in [6, 6.07) is 14.8. The first-order valence-corrected chi connectivity index (χ1v) is 11.7. The highest BCUT2D eigenvalue weighted by molar-refractivity contribution is 7.92. The Balaban J connectivity index is 1.57. The Morgan fingerprint density at radius 3 is 2.43 bits per heavy atom. The summed E-state index contributed by atoms with van der Waals surface area (Å²) in [7, 11) is -1.81. The summed E-state index contributed by atoms with van der Waals surface area (Å²) in [5, 5.41) is 2.93. The molecule has 1 N–H and O–H groups in total. The van der Waals surface area contributed by atoms with Gasteiger partial charge in [-0.3, -0.25) is 14.0 Å². The van der Waals surface area contributed by atoms with Gasteiger partial charge in [-0.05, 0) is 42.3 Å². The molecule has 0 unspecified atom stereocenters. The number of carbonyl (C=O) groups is 1. The number of rotatable bonds is 8. The molecule has 0 spiro atoms. The van der Waals surface area contributed by atoms with Gasteiger partial charge in [-0.15, -0.1) is 0 Å². The summed E-state index contributed by atoms with van der Waals surface area (Å²) in [5.41, 5.74) is 3.28. The molecule has 1 amide bonds. The van der Waals surface area contributed by atoms with Crippen molar-refractivity contribution in [3.05, 3.63) is 65.2 Å². The molecule has 0 aromatic heterocycles. The lowest BCUT2D eigenvalue weighted by molar-refractivity contribution is 0.0342. The Bertz CT molecular complexity index is 955. The molecular weight excluding hydrogens is 402 g/mol. The average molecular weight is 432 g/mol. The van der Waals surface area contributed by atoms with Crippen LogP contribution in [0.5, 0.6) is 0 Å². The van der Waals surface area contributed by atoms with E-state index in [-0.39, 0.29) is 11.7 Å². The highest BCUT2D eigenvalue weighted by Crippen LogP contribution is 2.17. The molecule has 1 saturated heterocycles. The largest absolute Gasteiger partial charge is 0.379 e. The zero-order valence-electron chi connectivity index (χ0n) is 17.5. The Morgan fingerprint density at radius 1 is 1.10 bits per heavy atom. The number of nitrogens with zero attached hydrogens (tertiary/aromatic N) is 2. The van der Waals surface area contributed by atoms with Gasteiger partial charge in [0.05, 0.1) is 24.7 Å². The van der Waals surface area contributed by atoms with Crippen molar-refractivity contribution in [3.63, 3.8) is 0 Å². The van der Waals surface area contributed by atoms with Gasteiger partial charge in [-0.1, -0.05) is 24.3 Å². The quantitative estimate of drug-likeness (QED) is 0.694. The van der Waals surface area contributed by atoms with Crippen LogP contribution in [0, 0.1) is 0 Å². The predicted octanol–water partition coefficient (Wildman–Crippen LogP) is 2.23. The zero-order valence-corrected chi connectivity index (χ0v) is 18.3. The van der Waals surface area contributed by atoms with Crippen LogP contribution in [-0.2, 0) is 27.8 Å². The van der Waals surface area contributed by atoms with E-state index in [0.717, 1.165) is 38.4 Å². The summed E-state index contributed by atoms with van der Waals surface area (Å²) < 4.78 is 30.6. The lowest BCUT2D eigenvalue weighted by atomic mass is 10.1. The molecule has 7 nitrogen and oxygen atoms in total. The molecule has 0 aliphatic carbocycles. The van der Waals surface area contributed by atoms with E-state index in [9.17, 15) is 13.2 Å². The second-order valence-corrected chi connectivity index (χ2v) is 9.59. The highest BCUT2D eigenvalue weighted by Gasteiger charge is 2.16. The maximum atomic E-state index is 12.5. The van der Waals surface area contributed by atoms with E-state index in [1.165, 1.54) is 16.9 Å². The molecule has 1 heterocycles. The lowest BCUT2D eigenvalue weighted by Crippen LogP contribution is -2.35. The number of anilines is 1. The molecule has 0 radical (unpaired) electrons. The van der Waals surface area contributed by atoms with E-state index < -0.39 is 10.0 Å². The number of hydrogen-bond donors (Lipinski definition) is 1. The molecule has 3 rings (SSSR count). The lowest BCUT2D eigenvalue weighted by Gasteiger charge is -2.26. The first-order valence-electron chi connectivity index (χ1n) is 10.1. The minimum atomic E-state index is -3.32. The van der Waals surface area contributed by atoms with Crippen LogP contribution in [0.1, 0.15) is 28.4 Å². The number of carbonyl (C=O) groups excluding carboxylic acids is 1. The first kappa shape index (κ1) is 22.3. The normalized spacial score (nSPS) is 15.0. The second kappa shape index (κ2) is 10.1. The van der Waals surface area contributed by atoms with Gasteiger partial charge in [0, 0.05) is 38.8 Å². The number of benzene rings is 2. The highest BCUT2D eigenvalue weighted by atomic mass is 32.2. The smallest absolute Gasteiger partial charge is 0.251 e. The van der Waals surface area contributed by atoms with E-state index in [0.29, 0.717) is 17.8 Å². The summed E-state index contributed by atoms with van der Waals surface area (Å²) in [5.74, 6) is -0.169. The van der Waals surface area contributed by atoms with Crippen LogP contribution in [0.4, 0.5) is 5.69 Å². The third-order valence-electron chi connectivity index (χ3n) is 5.23. The van der Waals surface area contributed by atoms with Crippen molar-refractivity contribution in [2.75, 3.05) is 43.4 Å². The number of ether oxygens (including phenoxy) is 1. The number of nitrogens with one attached hydrogen (secondary N) is 1. The van der Waals surface area contributed by atoms with E-state index >= 15 is 0 Å². The number of sulfonamides is 1. The van der Waals surface area contributed by atoms with Crippen LogP contribution in [0.3, 0.4) is 0 Å². The van der Waals surface area contributed by atoms with Crippen LogP contribution in [0.2, 0.25) is 0 Å². The maximum Gasteiger partial charge on any atom is 0.251 e. The van der Waals surface area contributed by atoms with Crippen LogP contribution >= 0.6 is 0 Å². The maximum absolute atomic E-state index is 12.5. The van der Waals surface area contributed by atoms with Crippen molar-refractivity contribution >= 4 is 21.6 Å². The third kappa shape index (κ3) is 5.81. The van der Waals surface area contributed by atoms with Gasteiger partial charge in [-0.25, -0.2) is 8.42 Å². The summed E-state index contributed by atoms with van der Waals surface area (Å²) in [6.45, 7) is 6.33. The van der Waals surface area contributed by atoms with Crippen molar-refractivity contribution in [2.24, 2.45) is 0 Å². The molecule has 0 atom stereocenters. The first-order chi connectivity index (χ1) is 14.4. The number of morpholine rings is 1. The van der Waals surface area contributed by atoms with Crippen molar-refractivity contribution in [1.82, 2.24) is 10.2 Å². The van der Waals surface area contributed by atoms with Gasteiger partial charge in [0.1, 0.15) is 0 Å². The van der Waals surface area contributed by atoms with Crippen LogP contribution in [-0.4, -0.2) is 58.3 Å². The van der Waals surface area contributed by atoms with Crippen LogP contribution in [0.15, 0.2) is 48.5 Å². The van der Waals surface area contributed by atoms with Crippen LogP contribution in [0.25, 0.3) is 0 Å². The van der Waals surface area contributed by atoms with Crippen molar-refractivity contribution in [3.8, 4) is 0 Å². The zero-order chi connectivity index (χ0) is 21.6. The van der Waals surface area contributed by atoms with Gasteiger partial charge in [0.15, 0.2) is 0 Å². The van der Waals surface area contributed by atoms with E-state index in [4.69, 9.17) is 4.74 Å². The fourth-order valence-corrected chi connectivity index (χ4v) is 4.15. The van der Waals surface area contributed by atoms with Gasteiger partial charge >= 0.3 is 0 Å². The average Bonchev–Trinajstić information content (AvgIpc) is 2.78. The van der Waals surface area contributed by atoms with Gasteiger partial charge in [-0.2, -0.15) is 0 Å². The number of amides is 1. The standard InChI is InChI=1S/C22H29N3O4S/c1-3-30(27,28)24(2)21-9-7-20(8-10-21)22(26)23-16-18-5-4-6-19(15-18)17-25-11-13-29-14-12-25/h4-10,15H,3,11-14,16-17H2,1-2H3,(H,23,26). The summed E-state index contributed by atoms with van der Waals surface area (Å²) in [6.07, 6.45) is 0. The molecule has 0 bridgehead atoms. The molecule has 1 fully saturated rings. The molecule has 0 saturated carbocycles.